The zero-order chi connectivity index (χ0) is 13.1. The topological polar surface area (TPSA) is 57.4 Å². The molecule has 0 aromatic carbocycles. The lowest BCUT2D eigenvalue weighted by atomic mass is 10.2. The molecule has 0 aliphatic carbocycles. The number of nitrogens with zero attached hydrogens (tertiary/aromatic N) is 1. The van der Waals surface area contributed by atoms with Gasteiger partial charge in [0.25, 0.3) is 5.88 Å². The van der Waals surface area contributed by atoms with Crippen LogP contribution in [0.15, 0.2) is 6.07 Å². The van der Waals surface area contributed by atoms with Gasteiger partial charge in [-0.2, -0.15) is 4.98 Å². The Morgan fingerprint density at radius 3 is 2.47 bits per heavy atom. The van der Waals surface area contributed by atoms with Crippen LogP contribution in [0, 0.1) is 11.6 Å². The van der Waals surface area contributed by atoms with E-state index in [-0.39, 0.29) is 24.7 Å². The van der Waals surface area contributed by atoms with Gasteiger partial charge in [-0.1, -0.05) is 0 Å². The average molecular weight is 246 g/mol. The van der Waals surface area contributed by atoms with Gasteiger partial charge in [-0.05, 0) is 20.8 Å². The molecule has 0 unspecified atom stereocenters. The zero-order valence-electron chi connectivity index (χ0n) is 10.1. The minimum absolute atomic E-state index is 0.117. The number of hydrogen-bond donors (Lipinski definition) is 1. The Bertz CT molecular complexity index is 392. The number of rotatable bonds is 4. The maximum Gasteiger partial charge on any atom is 0.252 e. The molecule has 2 N–H and O–H groups in total. The van der Waals surface area contributed by atoms with Crippen molar-refractivity contribution in [3.63, 3.8) is 0 Å². The van der Waals surface area contributed by atoms with Crippen LogP contribution < -0.4 is 10.5 Å². The van der Waals surface area contributed by atoms with E-state index in [2.05, 4.69) is 4.98 Å². The molecule has 96 valence electrons. The summed E-state index contributed by atoms with van der Waals surface area (Å²) >= 11 is 0. The van der Waals surface area contributed by atoms with Crippen LogP contribution in [-0.2, 0) is 4.74 Å². The molecule has 0 bridgehead atoms. The molecule has 0 amide bonds. The molecule has 1 aromatic rings. The molecule has 0 aliphatic heterocycles. The first-order chi connectivity index (χ1) is 7.79. The molecule has 4 nitrogen and oxygen atoms in total. The van der Waals surface area contributed by atoms with Crippen LogP contribution in [0.3, 0.4) is 0 Å². The summed E-state index contributed by atoms with van der Waals surface area (Å²) in [5.41, 5.74) is 4.90. The average Bonchev–Trinajstić information content (AvgIpc) is 2.18. The molecule has 6 heteroatoms. The van der Waals surface area contributed by atoms with Gasteiger partial charge in [-0.25, -0.2) is 8.78 Å². The van der Waals surface area contributed by atoms with Crippen LogP contribution in [0.2, 0.25) is 0 Å². The quantitative estimate of drug-likeness (QED) is 0.827. The molecule has 1 heterocycles. The molecule has 0 aliphatic rings. The largest absolute Gasteiger partial charge is 0.473 e. The Morgan fingerprint density at radius 2 is 1.88 bits per heavy atom. The van der Waals surface area contributed by atoms with E-state index in [1.54, 1.807) is 0 Å². The number of pyridine rings is 1. The second kappa shape index (κ2) is 5.27. The Labute approximate surface area is 98.7 Å². The molecular weight excluding hydrogens is 230 g/mol. The second-order valence-corrected chi connectivity index (χ2v) is 4.45. The standard InChI is InChI=1S/C11H16F2N2O2/c1-11(2,3)17-5-4-16-10-8(13)6-7(12)9(14)15-10/h6H,4-5H2,1-3H3,(H2,14,15). The summed E-state index contributed by atoms with van der Waals surface area (Å²) in [5.74, 6) is -2.49. The fourth-order valence-corrected chi connectivity index (χ4v) is 1.05. The van der Waals surface area contributed by atoms with Crippen LogP contribution in [0.5, 0.6) is 5.88 Å². The summed E-state index contributed by atoms with van der Waals surface area (Å²) in [7, 11) is 0. The minimum atomic E-state index is -0.902. The lowest BCUT2D eigenvalue weighted by Crippen LogP contribution is -2.22. The molecule has 0 radical (unpaired) electrons. The van der Waals surface area contributed by atoms with Gasteiger partial charge in [-0.3, -0.25) is 0 Å². The van der Waals surface area contributed by atoms with Crippen molar-refractivity contribution in [3.05, 3.63) is 17.7 Å². The van der Waals surface area contributed by atoms with Gasteiger partial charge in [0, 0.05) is 6.07 Å². The van der Waals surface area contributed by atoms with E-state index in [9.17, 15) is 8.78 Å². The van der Waals surface area contributed by atoms with Crippen LogP contribution in [0.4, 0.5) is 14.6 Å². The third-order valence-electron chi connectivity index (χ3n) is 1.78. The maximum absolute atomic E-state index is 13.2. The van der Waals surface area contributed by atoms with Crippen molar-refractivity contribution in [2.45, 2.75) is 26.4 Å². The highest BCUT2D eigenvalue weighted by molar-refractivity contribution is 5.34. The van der Waals surface area contributed by atoms with Gasteiger partial charge in [0.15, 0.2) is 17.5 Å². The van der Waals surface area contributed by atoms with Gasteiger partial charge in [0.2, 0.25) is 0 Å². The van der Waals surface area contributed by atoms with Crippen LogP contribution >= 0.6 is 0 Å². The molecule has 1 rings (SSSR count). The molecule has 17 heavy (non-hydrogen) atoms. The normalized spacial score (nSPS) is 11.6. The van der Waals surface area contributed by atoms with Crippen molar-refractivity contribution < 1.29 is 18.3 Å². The van der Waals surface area contributed by atoms with E-state index in [1.807, 2.05) is 20.8 Å². The predicted octanol–water partition coefficient (Wildman–Crippen LogP) is 2.14. The fraction of sp³-hybridized carbons (Fsp3) is 0.545. The molecule has 0 saturated carbocycles. The molecule has 1 aromatic heterocycles. The number of halogens is 2. The highest BCUT2D eigenvalue weighted by Crippen LogP contribution is 2.18. The third-order valence-corrected chi connectivity index (χ3v) is 1.78. The van der Waals surface area contributed by atoms with E-state index in [1.165, 1.54) is 0 Å². The van der Waals surface area contributed by atoms with E-state index < -0.39 is 17.5 Å². The molecular formula is C11H16F2N2O2. The third kappa shape index (κ3) is 4.52. The number of aromatic nitrogens is 1. The van der Waals surface area contributed by atoms with Crippen LogP contribution in [0.25, 0.3) is 0 Å². The first kappa shape index (κ1) is 13.6. The fourth-order valence-electron chi connectivity index (χ4n) is 1.05. The summed E-state index contributed by atoms with van der Waals surface area (Å²) in [4.78, 5) is 3.46. The molecule has 0 saturated heterocycles. The van der Waals surface area contributed by atoms with Crippen LogP contribution in [0.1, 0.15) is 20.8 Å². The van der Waals surface area contributed by atoms with E-state index in [0.29, 0.717) is 6.07 Å². The number of anilines is 1. The number of ether oxygens (including phenoxy) is 2. The highest BCUT2D eigenvalue weighted by atomic mass is 19.1. The summed E-state index contributed by atoms with van der Waals surface area (Å²) < 4.78 is 36.3. The van der Waals surface area contributed by atoms with Crippen molar-refractivity contribution in [2.24, 2.45) is 0 Å². The molecule has 0 fully saturated rings. The highest BCUT2D eigenvalue weighted by Gasteiger charge is 2.12. The van der Waals surface area contributed by atoms with Gasteiger partial charge >= 0.3 is 0 Å². The zero-order valence-corrected chi connectivity index (χ0v) is 10.1. The minimum Gasteiger partial charge on any atom is -0.473 e. The molecule has 0 spiro atoms. The Morgan fingerprint density at radius 1 is 1.24 bits per heavy atom. The first-order valence-corrected chi connectivity index (χ1v) is 5.18. The smallest absolute Gasteiger partial charge is 0.252 e. The molecule has 0 atom stereocenters. The van der Waals surface area contributed by atoms with Crippen molar-refractivity contribution in [1.82, 2.24) is 4.98 Å². The van der Waals surface area contributed by atoms with E-state index in [0.717, 1.165) is 0 Å². The van der Waals surface area contributed by atoms with Crippen molar-refractivity contribution in [2.75, 3.05) is 18.9 Å². The number of nitrogens with two attached hydrogens (primary N) is 1. The van der Waals surface area contributed by atoms with Gasteiger partial charge in [-0.15, -0.1) is 0 Å². The Balaban J connectivity index is 2.50. The van der Waals surface area contributed by atoms with Crippen molar-refractivity contribution in [3.8, 4) is 5.88 Å². The lowest BCUT2D eigenvalue weighted by Gasteiger charge is -2.19. The number of nitrogen functional groups attached to an aromatic ring is 1. The summed E-state index contributed by atoms with van der Waals surface area (Å²) in [6.07, 6.45) is 0. The second-order valence-electron chi connectivity index (χ2n) is 4.45. The predicted molar refractivity (Wildman–Crippen MR) is 59.8 cm³/mol. The SMILES string of the molecule is CC(C)(C)OCCOc1nc(N)c(F)cc1F. The van der Waals surface area contributed by atoms with Gasteiger partial charge in [0.05, 0.1) is 12.2 Å². The summed E-state index contributed by atoms with van der Waals surface area (Å²) in [6, 6.07) is 0.641. The number of hydrogen-bond acceptors (Lipinski definition) is 4. The monoisotopic (exact) mass is 246 g/mol. The van der Waals surface area contributed by atoms with E-state index >= 15 is 0 Å². The van der Waals surface area contributed by atoms with Crippen LogP contribution in [-0.4, -0.2) is 23.8 Å². The van der Waals surface area contributed by atoms with Crippen molar-refractivity contribution in [1.29, 1.82) is 0 Å². The maximum atomic E-state index is 13.2. The van der Waals surface area contributed by atoms with Crippen molar-refractivity contribution >= 4 is 5.82 Å². The summed E-state index contributed by atoms with van der Waals surface area (Å²) in [6.45, 7) is 6.07. The van der Waals surface area contributed by atoms with E-state index in [4.69, 9.17) is 15.2 Å². The van der Waals surface area contributed by atoms with Gasteiger partial charge < -0.3 is 15.2 Å². The lowest BCUT2D eigenvalue weighted by molar-refractivity contribution is -0.0172. The Hall–Kier alpha value is -1.43. The van der Waals surface area contributed by atoms with Gasteiger partial charge in [0.1, 0.15) is 6.61 Å². The Kier molecular flexibility index (Phi) is 4.22. The summed E-state index contributed by atoms with van der Waals surface area (Å²) in [5, 5.41) is 0. The first-order valence-electron chi connectivity index (χ1n) is 5.18.